The highest BCUT2D eigenvalue weighted by Crippen LogP contribution is 2.29. The first-order chi connectivity index (χ1) is 15.8. The van der Waals surface area contributed by atoms with Crippen molar-refractivity contribution in [2.45, 2.75) is 6.92 Å². The van der Waals surface area contributed by atoms with Crippen molar-refractivity contribution < 1.29 is 14.3 Å². The Hall–Kier alpha value is -4.40. The molecule has 4 rings (SSSR count). The molecular weight excluding hydrogens is 424 g/mol. The number of anilines is 1. The monoisotopic (exact) mass is 446 g/mol. The van der Waals surface area contributed by atoms with Crippen molar-refractivity contribution in [2.24, 2.45) is 7.05 Å². The van der Waals surface area contributed by atoms with Gasteiger partial charge in [0.1, 0.15) is 11.5 Å². The van der Waals surface area contributed by atoms with Crippen molar-refractivity contribution in [3.63, 3.8) is 0 Å². The fraction of sp³-hybridized carbons (Fsp3) is 0.167. The zero-order chi connectivity index (χ0) is 23.7. The molecule has 2 aromatic carbocycles. The first kappa shape index (κ1) is 21.8. The smallest absolute Gasteiger partial charge is 0.337 e. The van der Waals surface area contributed by atoms with Crippen LogP contribution in [-0.4, -0.2) is 34.2 Å². The van der Waals surface area contributed by atoms with Crippen LogP contribution < -0.4 is 26.0 Å². The SMILES string of the molecule is COc1ccc(NC(=O)c2cnc3c(c2)c(=O)n(C)c(=O)n3-c2ccc(C)cc2)c(OC)c1. The summed E-state index contributed by atoms with van der Waals surface area (Å²) in [7, 11) is 4.41. The van der Waals surface area contributed by atoms with Crippen LogP contribution in [0, 0.1) is 6.92 Å². The van der Waals surface area contributed by atoms with Gasteiger partial charge in [-0.2, -0.15) is 0 Å². The molecule has 0 spiro atoms. The second-order valence-corrected chi connectivity index (χ2v) is 7.43. The largest absolute Gasteiger partial charge is 0.497 e. The van der Waals surface area contributed by atoms with Gasteiger partial charge in [-0.3, -0.25) is 14.2 Å². The van der Waals surface area contributed by atoms with E-state index >= 15 is 0 Å². The van der Waals surface area contributed by atoms with Gasteiger partial charge in [-0.1, -0.05) is 17.7 Å². The van der Waals surface area contributed by atoms with Gasteiger partial charge in [0.05, 0.1) is 36.5 Å². The predicted molar refractivity (Wildman–Crippen MR) is 125 cm³/mol. The van der Waals surface area contributed by atoms with Crippen LogP contribution in [0.3, 0.4) is 0 Å². The maximum atomic E-state index is 12.9. The van der Waals surface area contributed by atoms with Crippen LogP contribution >= 0.6 is 0 Å². The summed E-state index contributed by atoms with van der Waals surface area (Å²) in [6.45, 7) is 1.94. The lowest BCUT2D eigenvalue weighted by Crippen LogP contribution is -2.38. The molecule has 0 atom stereocenters. The van der Waals surface area contributed by atoms with E-state index in [1.165, 1.54) is 38.1 Å². The van der Waals surface area contributed by atoms with Gasteiger partial charge in [0, 0.05) is 19.3 Å². The summed E-state index contributed by atoms with van der Waals surface area (Å²) >= 11 is 0. The number of hydrogen-bond donors (Lipinski definition) is 1. The Morgan fingerprint density at radius 2 is 1.73 bits per heavy atom. The summed E-state index contributed by atoms with van der Waals surface area (Å²) in [6, 6.07) is 13.7. The van der Waals surface area contributed by atoms with Crippen molar-refractivity contribution in [3.05, 3.63) is 86.7 Å². The Labute approximate surface area is 188 Å². The molecule has 0 saturated carbocycles. The summed E-state index contributed by atoms with van der Waals surface area (Å²) in [5, 5.41) is 2.90. The number of aryl methyl sites for hydroxylation is 1. The number of pyridine rings is 1. The highest BCUT2D eigenvalue weighted by molar-refractivity contribution is 6.06. The number of fused-ring (bicyclic) bond motifs is 1. The molecule has 2 aromatic heterocycles. The number of methoxy groups -OCH3 is 2. The van der Waals surface area contributed by atoms with Crippen molar-refractivity contribution in [3.8, 4) is 17.2 Å². The van der Waals surface area contributed by atoms with E-state index in [1.807, 2.05) is 19.1 Å². The number of carbonyl (C=O) groups excluding carboxylic acids is 1. The highest BCUT2D eigenvalue weighted by Gasteiger charge is 2.17. The average Bonchev–Trinajstić information content (AvgIpc) is 2.83. The molecule has 0 bridgehead atoms. The minimum Gasteiger partial charge on any atom is -0.497 e. The van der Waals surface area contributed by atoms with Crippen LogP contribution in [0.15, 0.2) is 64.3 Å². The molecule has 1 N–H and O–H groups in total. The van der Waals surface area contributed by atoms with Gasteiger partial charge >= 0.3 is 5.69 Å². The number of hydrogen-bond acceptors (Lipinski definition) is 6. The zero-order valence-electron chi connectivity index (χ0n) is 18.6. The molecule has 2 heterocycles. The summed E-state index contributed by atoms with van der Waals surface area (Å²) < 4.78 is 12.8. The van der Waals surface area contributed by atoms with Crippen LogP contribution in [-0.2, 0) is 7.05 Å². The van der Waals surface area contributed by atoms with Gasteiger partial charge in [0.15, 0.2) is 5.65 Å². The summed E-state index contributed by atoms with van der Waals surface area (Å²) in [4.78, 5) is 42.9. The number of nitrogens with zero attached hydrogens (tertiary/aromatic N) is 3. The van der Waals surface area contributed by atoms with Crippen LogP contribution in [0.25, 0.3) is 16.7 Å². The number of carbonyl (C=O) groups is 1. The molecule has 0 radical (unpaired) electrons. The standard InChI is InChI=1S/C24H22N4O5/c1-14-5-7-16(8-6-14)28-21-18(23(30)27(2)24(28)31)11-15(13-25-21)22(29)26-19-10-9-17(32-3)12-20(19)33-4/h5-13H,1-4H3,(H,26,29). The molecule has 4 aromatic rings. The Morgan fingerprint density at radius 3 is 2.39 bits per heavy atom. The van der Waals surface area contributed by atoms with Crippen molar-refractivity contribution >= 4 is 22.6 Å². The second-order valence-electron chi connectivity index (χ2n) is 7.43. The Morgan fingerprint density at radius 1 is 1.00 bits per heavy atom. The van der Waals surface area contributed by atoms with E-state index in [-0.39, 0.29) is 16.6 Å². The third-order valence-corrected chi connectivity index (χ3v) is 5.30. The predicted octanol–water partition coefficient (Wildman–Crippen LogP) is 2.66. The molecule has 0 saturated heterocycles. The topological polar surface area (TPSA) is 104 Å². The third-order valence-electron chi connectivity index (χ3n) is 5.30. The van der Waals surface area contributed by atoms with Crippen LogP contribution in [0.1, 0.15) is 15.9 Å². The van der Waals surface area contributed by atoms with Gasteiger partial charge < -0.3 is 14.8 Å². The van der Waals surface area contributed by atoms with Crippen molar-refractivity contribution in [1.82, 2.24) is 14.1 Å². The van der Waals surface area contributed by atoms with E-state index in [1.54, 1.807) is 30.3 Å². The van der Waals surface area contributed by atoms with E-state index in [0.29, 0.717) is 22.9 Å². The van der Waals surface area contributed by atoms with Gasteiger partial charge in [0.25, 0.3) is 11.5 Å². The molecule has 33 heavy (non-hydrogen) atoms. The Kier molecular flexibility index (Phi) is 5.70. The lowest BCUT2D eigenvalue weighted by molar-refractivity contribution is 0.102. The number of aromatic nitrogens is 3. The molecule has 9 heteroatoms. The molecule has 0 aliphatic rings. The van der Waals surface area contributed by atoms with Gasteiger partial charge in [0.2, 0.25) is 0 Å². The first-order valence-corrected chi connectivity index (χ1v) is 10.1. The number of amides is 1. The number of benzene rings is 2. The van der Waals surface area contributed by atoms with Crippen molar-refractivity contribution in [1.29, 1.82) is 0 Å². The second kappa shape index (κ2) is 8.62. The maximum Gasteiger partial charge on any atom is 0.337 e. The van der Waals surface area contributed by atoms with E-state index in [9.17, 15) is 14.4 Å². The first-order valence-electron chi connectivity index (χ1n) is 10.1. The van der Waals surface area contributed by atoms with E-state index in [0.717, 1.165) is 10.1 Å². The maximum absolute atomic E-state index is 12.9. The lowest BCUT2D eigenvalue weighted by Gasteiger charge is -2.13. The van der Waals surface area contributed by atoms with E-state index < -0.39 is 17.2 Å². The molecule has 0 aliphatic carbocycles. The fourth-order valence-corrected chi connectivity index (χ4v) is 3.45. The molecule has 1 amide bonds. The molecule has 0 aliphatic heterocycles. The summed E-state index contributed by atoms with van der Waals surface area (Å²) in [5.41, 5.74) is 1.30. The normalized spacial score (nSPS) is 10.8. The lowest BCUT2D eigenvalue weighted by atomic mass is 10.2. The zero-order valence-corrected chi connectivity index (χ0v) is 18.6. The quantitative estimate of drug-likeness (QED) is 0.505. The summed E-state index contributed by atoms with van der Waals surface area (Å²) in [5.74, 6) is 0.512. The van der Waals surface area contributed by atoms with Gasteiger partial charge in [-0.05, 0) is 37.3 Å². The average molecular weight is 446 g/mol. The van der Waals surface area contributed by atoms with E-state index in [2.05, 4.69) is 10.3 Å². The van der Waals surface area contributed by atoms with Gasteiger partial charge in [-0.15, -0.1) is 0 Å². The molecular formula is C24H22N4O5. The number of rotatable bonds is 5. The Balaban J connectivity index is 1.80. The molecule has 9 nitrogen and oxygen atoms in total. The Bertz CT molecular complexity index is 1490. The van der Waals surface area contributed by atoms with Crippen LogP contribution in [0.4, 0.5) is 5.69 Å². The minimum atomic E-state index is -0.539. The third kappa shape index (κ3) is 3.96. The number of nitrogens with one attached hydrogen (secondary N) is 1. The number of ether oxygens (including phenoxy) is 2. The molecule has 0 unspecified atom stereocenters. The van der Waals surface area contributed by atoms with Crippen molar-refractivity contribution in [2.75, 3.05) is 19.5 Å². The van der Waals surface area contributed by atoms with Crippen LogP contribution in [0.2, 0.25) is 0 Å². The van der Waals surface area contributed by atoms with E-state index in [4.69, 9.17) is 9.47 Å². The molecule has 168 valence electrons. The van der Waals surface area contributed by atoms with Gasteiger partial charge in [-0.25, -0.2) is 14.3 Å². The fourth-order valence-electron chi connectivity index (χ4n) is 3.45. The molecule has 0 fully saturated rings. The van der Waals surface area contributed by atoms with Crippen LogP contribution in [0.5, 0.6) is 11.5 Å². The summed E-state index contributed by atoms with van der Waals surface area (Å²) in [6.07, 6.45) is 1.33. The highest BCUT2D eigenvalue weighted by atomic mass is 16.5. The minimum absolute atomic E-state index is 0.145.